The summed E-state index contributed by atoms with van der Waals surface area (Å²) >= 11 is 3.53. The van der Waals surface area contributed by atoms with Crippen LogP contribution in [0.25, 0.3) is 0 Å². The van der Waals surface area contributed by atoms with E-state index in [0.29, 0.717) is 0 Å². The first-order valence-electron chi connectivity index (χ1n) is 5.76. The summed E-state index contributed by atoms with van der Waals surface area (Å²) in [5.74, 6) is -0.214. The Morgan fingerprint density at radius 2 is 1.83 bits per heavy atom. The van der Waals surface area contributed by atoms with Crippen LogP contribution in [0.4, 0.5) is 10.1 Å². The second-order valence-corrected chi connectivity index (χ2v) is 5.27. The minimum atomic E-state index is -0.214. The molecule has 0 fully saturated rings. The first kappa shape index (κ1) is 11.6. The van der Waals surface area contributed by atoms with Gasteiger partial charge in [-0.1, -0.05) is 28.1 Å². The van der Waals surface area contributed by atoms with Crippen LogP contribution in [-0.4, -0.2) is 5.71 Å². The molecule has 0 atom stereocenters. The van der Waals surface area contributed by atoms with E-state index in [0.717, 1.165) is 27.9 Å². The molecule has 1 aliphatic rings. The van der Waals surface area contributed by atoms with Gasteiger partial charge in [-0.25, -0.2) is 4.39 Å². The molecule has 1 nitrogen and oxygen atoms in total. The lowest BCUT2D eigenvalue weighted by Gasteiger charge is -2.04. The Labute approximate surface area is 114 Å². The van der Waals surface area contributed by atoms with Gasteiger partial charge in [0, 0.05) is 10.9 Å². The molecule has 1 aliphatic heterocycles. The molecule has 0 aromatic heterocycles. The van der Waals surface area contributed by atoms with Crippen molar-refractivity contribution in [2.75, 3.05) is 0 Å². The zero-order valence-electron chi connectivity index (χ0n) is 9.87. The number of fused-ring (bicyclic) bond motifs is 1. The van der Waals surface area contributed by atoms with Gasteiger partial charge in [-0.2, -0.15) is 0 Å². The van der Waals surface area contributed by atoms with Gasteiger partial charge < -0.3 is 0 Å². The van der Waals surface area contributed by atoms with Crippen LogP contribution in [0.5, 0.6) is 0 Å². The molecule has 0 amide bonds. The van der Waals surface area contributed by atoms with Crippen molar-refractivity contribution in [2.24, 2.45) is 4.99 Å². The summed E-state index contributed by atoms with van der Waals surface area (Å²) in [6, 6.07) is 10.6. The van der Waals surface area contributed by atoms with Crippen molar-refractivity contribution in [2.45, 2.75) is 13.3 Å². The van der Waals surface area contributed by atoms with E-state index in [9.17, 15) is 4.39 Å². The molecule has 2 aromatic rings. The summed E-state index contributed by atoms with van der Waals surface area (Å²) in [5.41, 5.74) is 5.50. The fourth-order valence-electron chi connectivity index (χ4n) is 2.20. The van der Waals surface area contributed by atoms with Crippen molar-refractivity contribution in [1.29, 1.82) is 0 Å². The smallest absolute Gasteiger partial charge is 0.123 e. The Balaban J connectivity index is 2.01. The summed E-state index contributed by atoms with van der Waals surface area (Å²) in [6.45, 7) is 2.09. The number of halogens is 2. The number of benzene rings is 2. The molecule has 1 heterocycles. The van der Waals surface area contributed by atoms with Gasteiger partial charge in [0.15, 0.2) is 0 Å². The molecule has 0 bridgehead atoms. The second kappa shape index (κ2) is 4.32. The van der Waals surface area contributed by atoms with E-state index in [-0.39, 0.29) is 5.82 Å². The van der Waals surface area contributed by atoms with Crippen LogP contribution >= 0.6 is 15.9 Å². The van der Waals surface area contributed by atoms with Crippen molar-refractivity contribution in [3.63, 3.8) is 0 Å². The topological polar surface area (TPSA) is 12.4 Å². The molecule has 3 rings (SSSR count). The van der Waals surface area contributed by atoms with Crippen molar-refractivity contribution in [1.82, 2.24) is 0 Å². The Morgan fingerprint density at radius 3 is 2.56 bits per heavy atom. The van der Waals surface area contributed by atoms with E-state index in [1.807, 2.05) is 12.1 Å². The molecule has 3 heteroatoms. The molecule has 0 unspecified atom stereocenters. The Hall–Kier alpha value is -1.48. The normalized spacial score (nSPS) is 13.4. The first-order valence-corrected chi connectivity index (χ1v) is 6.56. The highest BCUT2D eigenvalue weighted by Crippen LogP contribution is 2.34. The van der Waals surface area contributed by atoms with Crippen LogP contribution in [0.1, 0.15) is 16.7 Å². The summed E-state index contributed by atoms with van der Waals surface area (Å²) < 4.78 is 14.0. The minimum Gasteiger partial charge on any atom is -0.252 e. The third-order valence-electron chi connectivity index (χ3n) is 3.28. The van der Waals surface area contributed by atoms with Gasteiger partial charge >= 0.3 is 0 Å². The molecule has 90 valence electrons. The number of aliphatic imine (C=N–C) groups is 1. The van der Waals surface area contributed by atoms with Crippen LogP contribution in [0, 0.1) is 12.7 Å². The van der Waals surface area contributed by atoms with E-state index in [1.165, 1.54) is 23.3 Å². The zero-order chi connectivity index (χ0) is 12.7. The van der Waals surface area contributed by atoms with Crippen molar-refractivity contribution < 1.29 is 4.39 Å². The van der Waals surface area contributed by atoms with Gasteiger partial charge in [-0.3, -0.25) is 4.99 Å². The maximum atomic E-state index is 12.9. The highest BCUT2D eigenvalue weighted by molar-refractivity contribution is 9.10. The summed E-state index contributed by atoms with van der Waals surface area (Å²) in [4.78, 5) is 4.63. The van der Waals surface area contributed by atoms with Gasteiger partial charge in [-0.15, -0.1) is 0 Å². The fraction of sp³-hybridized carbons (Fsp3) is 0.133. The van der Waals surface area contributed by atoms with E-state index >= 15 is 0 Å². The number of hydrogen-bond acceptors (Lipinski definition) is 1. The van der Waals surface area contributed by atoms with Crippen molar-refractivity contribution >= 4 is 27.3 Å². The monoisotopic (exact) mass is 303 g/mol. The minimum absolute atomic E-state index is 0.214. The zero-order valence-corrected chi connectivity index (χ0v) is 11.5. The lowest BCUT2D eigenvalue weighted by atomic mass is 10.0. The SMILES string of the molecule is Cc1c(Br)ccc2c1CC(c1ccc(F)cc1)=N2. The largest absolute Gasteiger partial charge is 0.252 e. The fourth-order valence-corrected chi connectivity index (χ4v) is 2.57. The van der Waals surface area contributed by atoms with E-state index in [2.05, 4.69) is 27.8 Å². The third kappa shape index (κ3) is 1.89. The average molecular weight is 304 g/mol. The highest BCUT2D eigenvalue weighted by atomic mass is 79.9. The van der Waals surface area contributed by atoms with Gasteiger partial charge in [0.25, 0.3) is 0 Å². The molecule has 0 aliphatic carbocycles. The Bertz CT molecular complexity index is 644. The summed E-state index contributed by atoms with van der Waals surface area (Å²) in [7, 11) is 0. The molecular weight excluding hydrogens is 293 g/mol. The van der Waals surface area contributed by atoms with Crippen LogP contribution in [0.3, 0.4) is 0 Å². The summed E-state index contributed by atoms with van der Waals surface area (Å²) in [5, 5.41) is 0. The lowest BCUT2D eigenvalue weighted by molar-refractivity contribution is 0.628. The highest BCUT2D eigenvalue weighted by Gasteiger charge is 2.18. The van der Waals surface area contributed by atoms with E-state index in [4.69, 9.17) is 0 Å². The number of rotatable bonds is 1. The molecule has 0 N–H and O–H groups in total. The summed E-state index contributed by atoms with van der Waals surface area (Å²) in [6.07, 6.45) is 0.812. The maximum Gasteiger partial charge on any atom is 0.123 e. The third-order valence-corrected chi connectivity index (χ3v) is 4.14. The predicted molar refractivity (Wildman–Crippen MR) is 75.2 cm³/mol. The average Bonchev–Trinajstić information content (AvgIpc) is 2.80. The van der Waals surface area contributed by atoms with Crippen LogP contribution in [0.2, 0.25) is 0 Å². The van der Waals surface area contributed by atoms with Gasteiger partial charge in [-0.05, 0) is 47.9 Å². The molecule has 2 aromatic carbocycles. The van der Waals surface area contributed by atoms with Crippen molar-refractivity contribution in [3.8, 4) is 0 Å². The predicted octanol–water partition coefficient (Wildman–Crippen LogP) is 4.57. The van der Waals surface area contributed by atoms with E-state index in [1.54, 1.807) is 12.1 Å². The van der Waals surface area contributed by atoms with Gasteiger partial charge in [0.1, 0.15) is 5.82 Å². The van der Waals surface area contributed by atoms with Gasteiger partial charge in [0.05, 0.1) is 11.4 Å². The Morgan fingerprint density at radius 1 is 1.11 bits per heavy atom. The number of hydrogen-bond donors (Lipinski definition) is 0. The maximum absolute atomic E-state index is 12.9. The lowest BCUT2D eigenvalue weighted by Crippen LogP contribution is -2.01. The van der Waals surface area contributed by atoms with E-state index < -0.39 is 0 Å². The quantitative estimate of drug-likeness (QED) is 0.731. The van der Waals surface area contributed by atoms with Crippen LogP contribution in [-0.2, 0) is 6.42 Å². The Kier molecular flexibility index (Phi) is 2.78. The molecule has 0 saturated heterocycles. The molecule has 0 spiro atoms. The molecular formula is C15H11BrFN. The number of nitrogens with zero attached hydrogens (tertiary/aromatic N) is 1. The van der Waals surface area contributed by atoms with Crippen molar-refractivity contribution in [3.05, 3.63) is 63.4 Å². The second-order valence-electron chi connectivity index (χ2n) is 4.41. The first-order chi connectivity index (χ1) is 8.65. The standard InChI is InChI=1S/C15H11BrFN/c1-9-12-8-15(10-2-4-11(17)5-3-10)18-14(12)7-6-13(9)16/h2-7H,8H2,1H3. The van der Waals surface area contributed by atoms with Crippen LogP contribution in [0.15, 0.2) is 45.9 Å². The molecule has 18 heavy (non-hydrogen) atoms. The van der Waals surface area contributed by atoms with Crippen LogP contribution < -0.4 is 0 Å². The van der Waals surface area contributed by atoms with Gasteiger partial charge in [0.2, 0.25) is 0 Å². The molecule has 0 saturated carbocycles. The molecule has 0 radical (unpaired) electrons.